The highest BCUT2D eigenvalue weighted by Gasteiger charge is 2.24. The summed E-state index contributed by atoms with van der Waals surface area (Å²) in [6.45, 7) is 5.53. The summed E-state index contributed by atoms with van der Waals surface area (Å²) in [7, 11) is 0. The minimum Gasteiger partial charge on any atom is -0.368 e. The standard InChI is InChI=1S/C16H18N4O2/c1-10-6-12-13(7-11(10)2)20(9-17-12)8-15-18-16(22-19-15)14-4-3-5-21-14/h6-7,9,14H,3-5,8H2,1-2H3/t14-/m0/s1. The molecular weight excluding hydrogens is 280 g/mol. The first-order valence-corrected chi connectivity index (χ1v) is 7.57. The highest BCUT2D eigenvalue weighted by Crippen LogP contribution is 2.27. The summed E-state index contributed by atoms with van der Waals surface area (Å²) in [6.07, 6.45) is 3.79. The first kappa shape index (κ1) is 13.5. The van der Waals surface area contributed by atoms with E-state index < -0.39 is 0 Å². The van der Waals surface area contributed by atoms with Crippen LogP contribution < -0.4 is 0 Å². The fourth-order valence-corrected chi connectivity index (χ4v) is 2.83. The number of benzene rings is 1. The van der Waals surface area contributed by atoms with Crippen LogP contribution >= 0.6 is 0 Å². The van der Waals surface area contributed by atoms with E-state index in [4.69, 9.17) is 9.26 Å². The van der Waals surface area contributed by atoms with Crippen molar-refractivity contribution in [3.63, 3.8) is 0 Å². The van der Waals surface area contributed by atoms with Gasteiger partial charge in [-0.25, -0.2) is 4.98 Å². The summed E-state index contributed by atoms with van der Waals surface area (Å²) < 4.78 is 13.0. The number of nitrogens with zero attached hydrogens (tertiary/aromatic N) is 4. The van der Waals surface area contributed by atoms with Crippen molar-refractivity contribution in [1.82, 2.24) is 19.7 Å². The molecule has 22 heavy (non-hydrogen) atoms. The van der Waals surface area contributed by atoms with Gasteiger partial charge in [0.15, 0.2) is 5.82 Å². The summed E-state index contributed by atoms with van der Waals surface area (Å²) in [5, 5.41) is 4.07. The number of hydrogen-bond donors (Lipinski definition) is 0. The highest BCUT2D eigenvalue weighted by atomic mass is 16.5. The van der Waals surface area contributed by atoms with Crippen LogP contribution in [0.1, 0.15) is 41.8 Å². The van der Waals surface area contributed by atoms with Gasteiger partial charge in [0.2, 0.25) is 0 Å². The lowest BCUT2D eigenvalue weighted by molar-refractivity contribution is 0.0835. The molecule has 0 bridgehead atoms. The second-order valence-electron chi connectivity index (χ2n) is 5.85. The van der Waals surface area contributed by atoms with Gasteiger partial charge in [-0.1, -0.05) is 5.16 Å². The summed E-state index contributed by atoms with van der Waals surface area (Å²) >= 11 is 0. The molecule has 1 aliphatic rings. The topological polar surface area (TPSA) is 66.0 Å². The molecule has 3 heterocycles. The molecule has 0 radical (unpaired) electrons. The fraction of sp³-hybridized carbons (Fsp3) is 0.438. The van der Waals surface area contributed by atoms with E-state index in [2.05, 4.69) is 41.1 Å². The molecule has 0 aliphatic carbocycles. The number of fused-ring (bicyclic) bond motifs is 1. The normalized spacial score (nSPS) is 18.4. The Morgan fingerprint density at radius 2 is 2.14 bits per heavy atom. The molecule has 0 spiro atoms. The van der Waals surface area contributed by atoms with E-state index >= 15 is 0 Å². The molecule has 1 atom stereocenters. The van der Waals surface area contributed by atoms with Crippen LogP contribution in [0, 0.1) is 13.8 Å². The zero-order valence-corrected chi connectivity index (χ0v) is 12.7. The Balaban J connectivity index is 1.62. The van der Waals surface area contributed by atoms with Crippen LogP contribution in [-0.4, -0.2) is 26.3 Å². The Morgan fingerprint density at radius 1 is 1.27 bits per heavy atom. The molecule has 1 aliphatic heterocycles. The molecule has 0 amide bonds. The third-order valence-electron chi connectivity index (χ3n) is 4.24. The Labute approximate surface area is 128 Å². The van der Waals surface area contributed by atoms with Gasteiger partial charge in [-0.15, -0.1) is 0 Å². The maximum absolute atomic E-state index is 5.57. The van der Waals surface area contributed by atoms with Gasteiger partial charge in [-0.05, 0) is 49.9 Å². The second kappa shape index (κ2) is 5.21. The summed E-state index contributed by atoms with van der Waals surface area (Å²) in [4.78, 5) is 8.92. The van der Waals surface area contributed by atoms with Gasteiger partial charge in [-0.3, -0.25) is 0 Å². The van der Waals surface area contributed by atoms with Crippen LogP contribution in [-0.2, 0) is 11.3 Å². The summed E-state index contributed by atoms with van der Waals surface area (Å²) in [5.41, 5.74) is 4.58. The average molecular weight is 298 g/mol. The third-order valence-corrected chi connectivity index (χ3v) is 4.24. The van der Waals surface area contributed by atoms with Gasteiger partial charge in [0.1, 0.15) is 6.10 Å². The van der Waals surface area contributed by atoms with Crippen LogP contribution in [0.15, 0.2) is 23.0 Å². The quantitative estimate of drug-likeness (QED) is 0.743. The predicted molar refractivity (Wildman–Crippen MR) is 80.5 cm³/mol. The molecule has 6 nitrogen and oxygen atoms in total. The Morgan fingerprint density at radius 3 is 2.95 bits per heavy atom. The van der Waals surface area contributed by atoms with E-state index in [1.54, 1.807) is 0 Å². The van der Waals surface area contributed by atoms with Gasteiger partial charge < -0.3 is 13.8 Å². The zero-order chi connectivity index (χ0) is 15.1. The molecular formula is C16H18N4O2. The molecule has 1 aromatic carbocycles. The van der Waals surface area contributed by atoms with Crippen molar-refractivity contribution < 1.29 is 9.26 Å². The number of hydrogen-bond acceptors (Lipinski definition) is 5. The highest BCUT2D eigenvalue weighted by molar-refractivity contribution is 5.77. The monoisotopic (exact) mass is 298 g/mol. The maximum Gasteiger partial charge on any atom is 0.255 e. The zero-order valence-electron chi connectivity index (χ0n) is 12.7. The van der Waals surface area contributed by atoms with E-state index in [0.29, 0.717) is 18.3 Å². The number of imidazole rings is 1. The molecule has 114 valence electrons. The van der Waals surface area contributed by atoms with Gasteiger partial charge in [-0.2, -0.15) is 4.98 Å². The smallest absolute Gasteiger partial charge is 0.255 e. The van der Waals surface area contributed by atoms with Crippen LogP contribution in [0.25, 0.3) is 11.0 Å². The maximum atomic E-state index is 5.57. The minimum atomic E-state index is -0.0364. The van der Waals surface area contributed by atoms with E-state index in [0.717, 1.165) is 30.5 Å². The molecule has 0 unspecified atom stereocenters. The van der Waals surface area contributed by atoms with Gasteiger partial charge in [0, 0.05) is 6.61 Å². The van der Waals surface area contributed by atoms with Crippen LogP contribution in [0.4, 0.5) is 0 Å². The summed E-state index contributed by atoms with van der Waals surface area (Å²) in [5.74, 6) is 1.24. The fourth-order valence-electron chi connectivity index (χ4n) is 2.83. The molecule has 0 saturated carbocycles. The molecule has 3 aromatic rings. The van der Waals surface area contributed by atoms with Crippen molar-refractivity contribution in [2.24, 2.45) is 0 Å². The van der Waals surface area contributed by atoms with E-state index in [1.165, 1.54) is 11.1 Å². The van der Waals surface area contributed by atoms with Crippen molar-refractivity contribution in [2.45, 2.75) is 39.3 Å². The molecule has 0 N–H and O–H groups in total. The molecule has 6 heteroatoms. The Bertz CT molecular complexity index is 815. The Kier molecular flexibility index (Phi) is 3.18. The molecule has 1 saturated heterocycles. The predicted octanol–water partition coefficient (Wildman–Crippen LogP) is 2.94. The number of aromatic nitrogens is 4. The SMILES string of the molecule is Cc1cc2ncn(Cc3noc([C@@H]4CCCO4)n3)c2cc1C. The van der Waals surface area contributed by atoms with E-state index in [-0.39, 0.29) is 6.10 Å². The molecule has 2 aromatic heterocycles. The lowest BCUT2D eigenvalue weighted by Crippen LogP contribution is -2.01. The third kappa shape index (κ3) is 2.29. The van der Waals surface area contributed by atoms with Gasteiger partial charge >= 0.3 is 0 Å². The van der Waals surface area contributed by atoms with Crippen LogP contribution in [0.5, 0.6) is 0 Å². The lowest BCUT2D eigenvalue weighted by Gasteiger charge is -2.03. The lowest BCUT2D eigenvalue weighted by atomic mass is 10.1. The van der Waals surface area contributed by atoms with Crippen molar-refractivity contribution in [3.8, 4) is 0 Å². The van der Waals surface area contributed by atoms with Gasteiger partial charge in [0.25, 0.3) is 5.89 Å². The van der Waals surface area contributed by atoms with Crippen molar-refractivity contribution in [2.75, 3.05) is 6.61 Å². The largest absolute Gasteiger partial charge is 0.368 e. The minimum absolute atomic E-state index is 0.0364. The van der Waals surface area contributed by atoms with Crippen molar-refractivity contribution in [3.05, 3.63) is 41.3 Å². The van der Waals surface area contributed by atoms with Gasteiger partial charge in [0.05, 0.1) is 23.9 Å². The number of rotatable bonds is 3. The second-order valence-corrected chi connectivity index (χ2v) is 5.85. The molecule has 4 rings (SSSR count). The first-order chi connectivity index (χ1) is 10.7. The van der Waals surface area contributed by atoms with E-state index in [9.17, 15) is 0 Å². The summed E-state index contributed by atoms with van der Waals surface area (Å²) in [6, 6.07) is 4.26. The van der Waals surface area contributed by atoms with Crippen molar-refractivity contribution >= 4 is 11.0 Å². The number of ether oxygens (including phenoxy) is 1. The molecule has 1 fully saturated rings. The number of aryl methyl sites for hydroxylation is 2. The van der Waals surface area contributed by atoms with Crippen molar-refractivity contribution in [1.29, 1.82) is 0 Å². The van der Waals surface area contributed by atoms with E-state index in [1.807, 2.05) is 10.9 Å². The first-order valence-electron chi connectivity index (χ1n) is 7.57. The van der Waals surface area contributed by atoms with Crippen LogP contribution in [0.2, 0.25) is 0 Å². The average Bonchev–Trinajstić information content (AvgIpc) is 3.22. The Hall–Kier alpha value is -2.21. The van der Waals surface area contributed by atoms with Crippen LogP contribution in [0.3, 0.4) is 0 Å².